The van der Waals surface area contributed by atoms with Gasteiger partial charge in [-0.2, -0.15) is 0 Å². The SMILES string of the molecule is CCCNc1ncc(-c2ccc(NC(=O)Cc3ccccc3Cl)cc2S(N)(=O)=O)cn1. The first-order chi connectivity index (χ1) is 14.8. The molecule has 3 aromatic rings. The predicted octanol–water partition coefficient (Wildman–Crippen LogP) is 3.45. The summed E-state index contributed by atoms with van der Waals surface area (Å²) in [4.78, 5) is 20.7. The number of hydrogen-bond acceptors (Lipinski definition) is 6. The van der Waals surface area contributed by atoms with Crippen molar-refractivity contribution in [3.8, 4) is 11.1 Å². The van der Waals surface area contributed by atoms with Crippen LogP contribution in [0.4, 0.5) is 11.6 Å². The van der Waals surface area contributed by atoms with Gasteiger partial charge in [0.25, 0.3) is 0 Å². The second-order valence-corrected chi connectivity index (χ2v) is 8.73. The van der Waals surface area contributed by atoms with E-state index in [0.29, 0.717) is 33.3 Å². The van der Waals surface area contributed by atoms with Gasteiger partial charge in [0, 0.05) is 40.8 Å². The van der Waals surface area contributed by atoms with E-state index in [1.165, 1.54) is 18.5 Å². The van der Waals surface area contributed by atoms with Crippen molar-refractivity contribution >= 4 is 39.2 Å². The number of benzene rings is 2. The summed E-state index contributed by atoms with van der Waals surface area (Å²) in [5.41, 5.74) is 1.79. The number of rotatable bonds is 8. The van der Waals surface area contributed by atoms with Crippen LogP contribution >= 0.6 is 11.6 Å². The number of aromatic nitrogens is 2. The van der Waals surface area contributed by atoms with E-state index in [9.17, 15) is 13.2 Å². The van der Waals surface area contributed by atoms with Crippen LogP contribution < -0.4 is 15.8 Å². The van der Waals surface area contributed by atoms with Crippen molar-refractivity contribution < 1.29 is 13.2 Å². The number of carbonyl (C=O) groups excluding carboxylic acids is 1. The lowest BCUT2D eigenvalue weighted by Crippen LogP contribution is -2.17. The lowest BCUT2D eigenvalue weighted by molar-refractivity contribution is -0.115. The highest BCUT2D eigenvalue weighted by atomic mass is 35.5. The molecular formula is C21H22ClN5O3S. The maximum absolute atomic E-state index is 12.4. The molecule has 0 spiro atoms. The Morgan fingerprint density at radius 2 is 1.84 bits per heavy atom. The van der Waals surface area contributed by atoms with Gasteiger partial charge in [-0.15, -0.1) is 0 Å². The standard InChI is InChI=1S/C21H22ClN5O3S/c1-2-9-24-21-25-12-15(13-26-21)17-8-7-16(11-19(17)31(23,29)30)27-20(28)10-14-5-3-4-6-18(14)22/h3-8,11-13H,2,9-10H2,1H3,(H,27,28)(H2,23,29,30)(H,24,25,26). The van der Waals surface area contributed by atoms with Crippen LogP contribution in [0, 0.1) is 0 Å². The maximum Gasteiger partial charge on any atom is 0.238 e. The second kappa shape index (κ2) is 9.86. The van der Waals surface area contributed by atoms with E-state index in [1.54, 1.807) is 36.4 Å². The van der Waals surface area contributed by atoms with Gasteiger partial charge in [0.05, 0.1) is 11.3 Å². The molecule has 0 aliphatic carbocycles. The molecule has 4 N–H and O–H groups in total. The molecule has 8 nitrogen and oxygen atoms in total. The zero-order valence-electron chi connectivity index (χ0n) is 16.8. The molecule has 1 aromatic heterocycles. The van der Waals surface area contributed by atoms with Crippen LogP contribution in [0.2, 0.25) is 5.02 Å². The predicted molar refractivity (Wildman–Crippen MR) is 121 cm³/mol. The van der Waals surface area contributed by atoms with E-state index < -0.39 is 10.0 Å². The van der Waals surface area contributed by atoms with E-state index in [0.717, 1.165) is 13.0 Å². The van der Waals surface area contributed by atoms with Crippen LogP contribution in [-0.2, 0) is 21.2 Å². The van der Waals surface area contributed by atoms with Crippen molar-refractivity contribution in [2.45, 2.75) is 24.7 Å². The van der Waals surface area contributed by atoms with Gasteiger partial charge in [-0.05, 0) is 30.2 Å². The topological polar surface area (TPSA) is 127 Å². The molecular weight excluding hydrogens is 438 g/mol. The average Bonchev–Trinajstić information content (AvgIpc) is 2.74. The van der Waals surface area contributed by atoms with Crippen molar-refractivity contribution in [1.82, 2.24) is 9.97 Å². The number of nitrogens with zero attached hydrogens (tertiary/aromatic N) is 2. The molecule has 1 amide bonds. The maximum atomic E-state index is 12.4. The average molecular weight is 460 g/mol. The molecule has 0 aliphatic rings. The molecule has 0 fully saturated rings. The number of carbonyl (C=O) groups is 1. The van der Waals surface area contributed by atoms with Crippen molar-refractivity contribution in [2.24, 2.45) is 5.14 Å². The molecule has 0 unspecified atom stereocenters. The van der Waals surface area contributed by atoms with Gasteiger partial charge in [0.1, 0.15) is 0 Å². The highest BCUT2D eigenvalue weighted by Crippen LogP contribution is 2.29. The third kappa shape index (κ3) is 6.00. The molecule has 0 radical (unpaired) electrons. The Labute approximate surface area is 185 Å². The van der Waals surface area contributed by atoms with Crippen LogP contribution in [0.5, 0.6) is 0 Å². The highest BCUT2D eigenvalue weighted by molar-refractivity contribution is 7.89. The van der Waals surface area contributed by atoms with Crippen LogP contribution in [0.1, 0.15) is 18.9 Å². The third-order valence-electron chi connectivity index (χ3n) is 4.38. The summed E-state index contributed by atoms with van der Waals surface area (Å²) in [7, 11) is -4.07. The Balaban J connectivity index is 1.85. The zero-order valence-corrected chi connectivity index (χ0v) is 18.4. The molecule has 0 aliphatic heterocycles. The number of amides is 1. The Bertz CT molecular complexity index is 1180. The van der Waals surface area contributed by atoms with Crippen LogP contribution in [0.25, 0.3) is 11.1 Å². The fourth-order valence-corrected chi connectivity index (χ4v) is 3.88. The minimum Gasteiger partial charge on any atom is -0.354 e. The molecule has 0 saturated heterocycles. The summed E-state index contributed by atoms with van der Waals surface area (Å²) in [6, 6.07) is 11.5. The van der Waals surface area contributed by atoms with Gasteiger partial charge < -0.3 is 10.6 Å². The Morgan fingerprint density at radius 1 is 1.13 bits per heavy atom. The van der Waals surface area contributed by atoms with E-state index >= 15 is 0 Å². The van der Waals surface area contributed by atoms with Crippen LogP contribution in [0.3, 0.4) is 0 Å². The molecule has 0 bridgehead atoms. The first kappa shape index (κ1) is 22.7. The summed E-state index contributed by atoms with van der Waals surface area (Å²) in [6.07, 6.45) is 4.01. The lowest BCUT2D eigenvalue weighted by atomic mass is 10.1. The van der Waals surface area contributed by atoms with E-state index in [2.05, 4.69) is 20.6 Å². The Hall–Kier alpha value is -3.01. The van der Waals surface area contributed by atoms with E-state index in [-0.39, 0.29) is 17.2 Å². The Morgan fingerprint density at radius 3 is 2.48 bits per heavy atom. The zero-order chi connectivity index (χ0) is 22.4. The first-order valence-corrected chi connectivity index (χ1v) is 11.5. The van der Waals surface area contributed by atoms with Gasteiger partial charge in [-0.3, -0.25) is 4.79 Å². The van der Waals surface area contributed by atoms with Crippen molar-refractivity contribution in [3.05, 3.63) is 65.4 Å². The van der Waals surface area contributed by atoms with Gasteiger partial charge in [-0.25, -0.2) is 23.5 Å². The molecule has 3 rings (SSSR count). The normalized spacial score (nSPS) is 11.2. The van der Waals surface area contributed by atoms with Crippen molar-refractivity contribution in [1.29, 1.82) is 0 Å². The summed E-state index contributed by atoms with van der Waals surface area (Å²) in [5.74, 6) is 0.113. The fraction of sp³-hybridized carbons (Fsp3) is 0.190. The second-order valence-electron chi connectivity index (χ2n) is 6.79. The molecule has 31 heavy (non-hydrogen) atoms. The highest BCUT2D eigenvalue weighted by Gasteiger charge is 2.18. The number of primary sulfonamides is 1. The molecule has 162 valence electrons. The smallest absolute Gasteiger partial charge is 0.238 e. The van der Waals surface area contributed by atoms with Crippen LogP contribution in [-0.4, -0.2) is 30.8 Å². The first-order valence-electron chi connectivity index (χ1n) is 9.54. The summed E-state index contributed by atoms with van der Waals surface area (Å²) >= 11 is 6.09. The summed E-state index contributed by atoms with van der Waals surface area (Å²) in [5, 5.41) is 11.6. The summed E-state index contributed by atoms with van der Waals surface area (Å²) < 4.78 is 24.4. The van der Waals surface area contributed by atoms with Crippen LogP contribution in [0.15, 0.2) is 59.8 Å². The minimum absolute atomic E-state index is 0.0478. The molecule has 0 atom stereocenters. The number of halogens is 1. The number of anilines is 2. The third-order valence-corrected chi connectivity index (χ3v) is 5.70. The number of nitrogens with two attached hydrogens (primary N) is 1. The van der Waals surface area contributed by atoms with E-state index in [1.807, 2.05) is 6.92 Å². The number of sulfonamides is 1. The molecule has 2 aromatic carbocycles. The monoisotopic (exact) mass is 459 g/mol. The van der Waals surface area contributed by atoms with Crippen molar-refractivity contribution in [3.63, 3.8) is 0 Å². The molecule has 1 heterocycles. The molecule has 10 heteroatoms. The fourth-order valence-electron chi connectivity index (χ4n) is 2.89. The quantitative estimate of drug-likeness (QED) is 0.473. The van der Waals surface area contributed by atoms with Gasteiger partial charge >= 0.3 is 0 Å². The number of hydrogen-bond donors (Lipinski definition) is 3. The largest absolute Gasteiger partial charge is 0.354 e. The molecule has 0 saturated carbocycles. The minimum atomic E-state index is -4.07. The van der Waals surface area contributed by atoms with Gasteiger partial charge in [-0.1, -0.05) is 42.8 Å². The van der Waals surface area contributed by atoms with Gasteiger partial charge in [0.15, 0.2) is 0 Å². The van der Waals surface area contributed by atoms with E-state index in [4.69, 9.17) is 16.7 Å². The number of nitrogens with one attached hydrogen (secondary N) is 2. The Kier molecular flexibility index (Phi) is 7.21. The van der Waals surface area contributed by atoms with Crippen molar-refractivity contribution in [2.75, 3.05) is 17.2 Å². The summed E-state index contributed by atoms with van der Waals surface area (Å²) in [6.45, 7) is 2.75. The van der Waals surface area contributed by atoms with Gasteiger partial charge in [0.2, 0.25) is 21.9 Å². The lowest BCUT2D eigenvalue weighted by Gasteiger charge is -2.12.